The molecule has 0 aliphatic carbocycles. The van der Waals surface area contributed by atoms with Crippen LogP contribution in [0.4, 0.5) is 17.3 Å². The first-order chi connectivity index (χ1) is 12.9. The number of pyridine rings is 2. The van der Waals surface area contributed by atoms with Gasteiger partial charge in [0, 0.05) is 37.4 Å². The quantitative estimate of drug-likeness (QED) is 0.594. The summed E-state index contributed by atoms with van der Waals surface area (Å²) in [6.07, 6.45) is 3.91. The Labute approximate surface area is 167 Å². The molecule has 0 fully saturated rings. The van der Waals surface area contributed by atoms with Gasteiger partial charge >= 0.3 is 0 Å². The minimum absolute atomic E-state index is 0.136. The summed E-state index contributed by atoms with van der Waals surface area (Å²) >= 11 is 3.39. The van der Waals surface area contributed by atoms with Crippen molar-refractivity contribution in [2.75, 3.05) is 29.9 Å². The molecule has 2 rings (SSSR count). The fourth-order valence-corrected chi connectivity index (χ4v) is 3.10. The molecule has 2 heterocycles. The fourth-order valence-electron chi connectivity index (χ4n) is 2.56. The molecule has 0 saturated heterocycles. The first-order valence-electron chi connectivity index (χ1n) is 8.70. The largest absolute Gasteiger partial charge is 0.355 e. The molecule has 0 saturated carbocycles. The lowest BCUT2D eigenvalue weighted by atomic mass is 10.3. The van der Waals surface area contributed by atoms with Gasteiger partial charge in [0.25, 0.3) is 5.56 Å². The number of aryl methyl sites for hydroxylation is 1. The van der Waals surface area contributed by atoms with E-state index in [-0.39, 0.29) is 11.5 Å². The van der Waals surface area contributed by atoms with Gasteiger partial charge in [0.15, 0.2) is 0 Å². The zero-order chi connectivity index (χ0) is 19.8. The minimum Gasteiger partial charge on any atom is -0.355 e. The third kappa shape index (κ3) is 5.96. The van der Waals surface area contributed by atoms with E-state index in [1.54, 1.807) is 19.3 Å². The predicted octanol–water partition coefficient (Wildman–Crippen LogP) is 2.81. The Kier molecular flexibility index (Phi) is 7.60. The van der Waals surface area contributed by atoms with Crippen molar-refractivity contribution in [3.63, 3.8) is 0 Å². The molecular formula is C19H24BrN5O2. The zero-order valence-corrected chi connectivity index (χ0v) is 17.1. The van der Waals surface area contributed by atoms with E-state index in [1.807, 2.05) is 18.2 Å². The van der Waals surface area contributed by atoms with E-state index in [0.717, 1.165) is 23.3 Å². The Hall–Kier alpha value is -2.61. The number of halogens is 1. The first kappa shape index (κ1) is 20.7. The molecule has 0 radical (unpaired) electrons. The van der Waals surface area contributed by atoms with Gasteiger partial charge in [-0.1, -0.05) is 19.6 Å². The second-order valence-electron chi connectivity index (χ2n) is 5.98. The third-order valence-corrected chi connectivity index (χ3v) is 4.26. The van der Waals surface area contributed by atoms with E-state index in [0.29, 0.717) is 24.6 Å². The fraction of sp³-hybridized carbons (Fsp3) is 0.316. The van der Waals surface area contributed by atoms with Crippen molar-refractivity contribution in [2.45, 2.75) is 13.3 Å². The lowest BCUT2D eigenvalue weighted by Gasteiger charge is -2.23. The van der Waals surface area contributed by atoms with Crippen LogP contribution in [0.25, 0.3) is 0 Å². The Morgan fingerprint density at radius 3 is 2.89 bits per heavy atom. The molecule has 0 bridgehead atoms. The molecule has 0 atom stereocenters. The maximum atomic E-state index is 12.3. The molecule has 0 aliphatic rings. The van der Waals surface area contributed by atoms with Crippen LogP contribution in [-0.4, -0.2) is 35.1 Å². The summed E-state index contributed by atoms with van der Waals surface area (Å²) in [5.74, 6) is 1.17. The molecule has 0 aromatic carbocycles. The molecule has 27 heavy (non-hydrogen) atoms. The van der Waals surface area contributed by atoms with Gasteiger partial charge in [0.2, 0.25) is 5.91 Å². The van der Waals surface area contributed by atoms with Crippen LogP contribution < -0.4 is 21.1 Å². The van der Waals surface area contributed by atoms with Crippen LogP contribution in [0, 0.1) is 0 Å². The molecule has 1 amide bonds. The number of aromatic nitrogens is 2. The van der Waals surface area contributed by atoms with Crippen LogP contribution in [0.3, 0.4) is 0 Å². The van der Waals surface area contributed by atoms with E-state index in [9.17, 15) is 9.59 Å². The highest BCUT2D eigenvalue weighted by Gasteiger charge is 2.10. The van der Waals surface area contributed by atoms with Crippen LogP contribution in [0.5, 0.6) is 0 Å². The Bertz CT molecular complexity index is 865. The van der Waals surface area contributed by atoms with Gasteiger partial charge in [-0.25, -0.2) is 4.98 Å². The molecule has 144 valence electrons. The highest BCUT2D eigenvalue weighted by molar-refractivity contribution is 9.10. The van der Waals surface area contributed by atoms with Gasteiger partial charge in [-0.3, -0.25) is 9.59 Å². The number of carbonyl (C=O) groups excluding carboxylic acids is 1. The number of hydrogen-bond donors (Lipinski definition) is 2. The zero-order valence-electron chi connectivity index (χ0n) is 15.5. The molecular weight excluding hydrogens is 410 g/mol. The summed E-state index contributed by atoms with van der Waals surface area (Å²) in [6.45, 7) is 7.46. The minimum atomic E-state index is -0.194. The highest BCUT2D eigenvalue weighted by Crippen LogP contribution is 2.19. The van der Waals surface area contributed by atoms with Gasteiger partial charge < -0.3 is 20.1 Å². The lowest BCUT2D eigenvalue weighted by Crippen LogP contribution is -2.35. The van der Waals surface area contributed by atoms with Crippen molar-refractivity contribution in [3.8, 4) is 0 Å². The Morgan fingerprint density at radius 2 is 2.19 bits per heavy atom. The molecule has 2 aromatic heterocycles. The van der Waals surface area contributed by atoms with Gasteiger partial charge in [-0.15, -0.1) is 0 Å². The van der Waals surface area contributed by atoms with Gasteiger partial charge in [-0.2, -0.15) is 0 Å². The molecule has 2 N–H and O–H groups in total. The van der Waals surface area contributed by atoms with Gasteiger partial charge in [0.05, 0.1) is 0 Å². The summed E-state index contributed by atoms with van der Waals surface area (Å²) < 4.78 is 2.30. The number of nitrogens with one attached hydrogen (secondary N) is 2. The lowest BCUT2D eigenvalue weighted by molar-refractivity contribution is -0.116. The van der Waals surface area contributed by atoms with Crippen LogP contribution in [-0.2, 0) is 11.8 Å². The maximum Gasteiger partial charge on any atom is 0.274 e. The number of nitrogens with zero attached hydrogens (tertiary/aromatic N) is 3. The molecule has 0 aliphatic heterocycles. The highest BCUT2D eigenvalue weighted by atomic mass is 79.9. The van der Waals surface area contributed by atoms with E-state index < -0.39 is 0 Å². The Morgan fingerprint density at radius 1 is 1.41 bits per heavy atom. The predicted molar refractivity (Wildman–Crippen MR) is 113 cm³/mol. The van der Waals surface area contributed by atoms with Crippen LogP contribution in [0.1, 0.15) is 13.3 Å². The standard InChI is InChI=1S/C19H24BrN5O2/c1-4-10-25(11-9-21-18(26)5-2)17-8-6-7-16(23-17)22-15-12-14(20)13-24(3)19(15)27/h5-8,12-13H,2,4,9-11H2,1,3H3,(H,21,26)(H,22,23). The summed E-state index contributed by atoms with van der Waals surface area (Å²) in [5, 5.41) is 5.86. The summed E-state index contributed by atoms with van der Waals surface area (Å²) in [6, 6.07) is 7.34. The van der Waals surface area contributed by atoms with Crippen molar-refractivity contribution >= 4 is 39.2 Å². The van der Waals surface area contributed by atoms with Gasteiger partial charge in [-0.05, 0) is 46.6 Å². The Balaban J connectivity index is 2.17. The molecule has 7 nitrogen and oxygen atoms in total. The van der Waals surface area contributed by atoms with Crippen molar-refractivity contribution < 1.29 is 4.79 Å². The summed E-state index contributed by atoms with van der Waals surface area (Å²) in [4.78, 5) is 30.3. The van der Waals surface area contributed by atoms with Crippen LogP contribution >= 0.6 is 15.9 Å². The monoisotopic (exact) mass is 433 g/mol. The topological polar surface area (TPSA) is 79.3 Å². The number of carbonyl (C=O) groups is 1. The average Bonchev–Trinajstić information content (AvgIpc) is 2.65. The molecule has 8 heteroatoms. The van der Waals surface area contributed by atoms with Crippen molar-refractivity contribution in [2.24, 2.45) is 7.05 Å². The van der Waals surface area contributed by atoms with E-state index in [2.05, 4.69) is 50.0 Å². The second-order valence-corrected chi connectivity index (χ2v) is 6.89. The van der Waals surface area contributed by atoms with E-state index >= 15 is 0 Å². The third-order valence-electron chi connectivity index (χ3n) is 3.83. The van der Waals surface area contributed by atoms with Crippen molar-refractivity contribution in [1.29, 1.82) is 0 Å². The van der Waals surface area contributed by atoms with E-state index in [4.69, 9.17) is 0 Å². The average molecular weight is 434 g/mol. The van der Waals surface area contributed by atoms with Gasteiger partial charge in [0.1, 0.15) is 17.3 Å². The maximum absolute atomic E-state index is 12.3. The number of amides is 1. The van der Waals surface area contributed by atoms with Crippen LogP contribution in [0.15, 0.2) is 52.4 Å². The normalized spacial score (nSPS) is 10.3. The SMILES string of the molecule is C=CC(=O)NCCN(CCC)c1cccc(Nc2cc(Br)cn(C)c2=O)n1. The van der Waals surface area contributed by atoms with Crippen LogP contribution in [0.2, 0.25) is 0 Å². The number of hydrogen-bond acceptors (Lipinski definition) is 5. The van der Waals surface area contributed by atoms with E-state index in [1.165, 1.54) is 10.6 Å². The van der Waals surface area contributed by atoms with Crippen molar-refractivity contribution in [3.05, 3.63) is 57.9 Å². The number of anilines is 3. The molecule has 0 unspecified atom stereocenters. The summed E-state index contributed by atoms with van der Waals surface area (Å²) in [5.41, 5.74) is 0.305. The molecule has 0 spiro atoms. The van der Waals surface area contributed by atoms with Crippen molar-refractivity contribution in [1.82, 2.24) is 14.9 Å². The first-order valence-corrected chi connectivity index (χ1v) is 9.49. The molecule has 2 aromatic rings. The summed E-state index contributed by atoms with van der Waals surface area (Å²) in [7, 11) is 1.70. The smallest absolute Gasteiger partial charge is 0.274 e. The second kappa shape index (κ2) is 9.91. The number of rotatable bonds is 9.